The summed E-state index contributed by atoms with van der Waals surface area (Å²) < 4.78 is 23.8. The summed E-state index contributed by atoms with van der Waals surface area (Å²) >= 11 is 0. The number of hydrogen-bond donors (Lipinski definition) is 1. The Hall–Kier alpha value is -3.65. The highest BCUT2D eigenvalue weighted by molar-refractivity contribution is 5.94. The second-order valence-electron chi connectivity index (χ2n) is 8.38. The van der Waals surface area contributed by atoms with Gasteiger partial charge in [0.15, 0.2) is 11.5 Å². The minimum absolute atomic E-state index is 0.105. The number of pyridine rings is 1. The van der Waals surface area contributed by atoms with E-state index in [1.807, 2.05) is 13.0 Å². The predicted molar refractivity (Wildman–Crippen MR) is 128 cm³/mol. The van der Waals surface area contributed by atoms with Crippen LogP contribution in [0.2, 0.25) is 0 Å². The lowest BCUT2D eigenvalue weighted by Crippen LogP contribution is -2.53. The Kier molecular flexibility index (Phi) is 6.98. The Balaban J connectivity index is 1.45. The van der Waals surface area contributed by atoms with Crippen LogP contribution < -0.4 is 15.0 Å². The lowest BCUT2D eigenvalue weighted by atomic mass is 10.1. The molecule has 7 nitrogen and oxygen atoms in total. The van der Waals surface area contributed by atoms with E-state index in [9.17, 15) is 14.0 Å². The molecule has 3 aromatic rings. The monoisotopic (exact) mass is 465 g/mol. The molecular formula is C26H28FN3O4. The number of nitrogens with zero attached hydrogens (tertiary/aromatic N) is 2. The zero-order chi connectivity index (χ0) is 24.2. The molecule has 178 valence electrons. The number of benzene rings is 2. The van der Waals surface area contributed by atoms with E-state index in [2.05, 4.69) is 9.88 Å². The highest BCUT2D eigenvalue weighted by Gasteiger charge is 2.28. The zero-order valence-corrected chi connectivity index (χ0v) is 19.5. The van der Waals surface area contributed by atoms with Crippen molar-refractivity contribution in [2.75, 3.05) is 33.9 Å². The van der Waals surface area contributed by atoms with Gasteiger partial charge in [-0.2, -0.15) is 0 Å². The molecule has 0 bridgehead atoms. The lowest BCUT2D eigenvalue weighted by molar-refractivity contribution is 0.0493. The van der Waals surface area contributed by atoms with Crippen LogP contribution in [0.4, 0.5) is 4.39 Å². The van der Waals surface area contributed by atoms with Crippen molar-refractivity contribution >= 4 is 5.91 Å². The third kappa shape index (κ3) is 4.97. The number of rotatable bonds is 6. The minimum atomic E-state index is -0.432. The number of aromatic nitrogens is 1. The second-order valence-corrected chi connectivity index (χ2v) is 8.38. The van der Waals surface area contributed by atoms with Crippen molar-refractivity contribution in [2.24, 2.45) is 0 Å². The van der Waals surface area contributed by atoms with Crippen molar-refractivity contribution in [1.82, 2.24) is 14.8 Å². The predicted octanol–water partition coefficient (Wildman–Crippen LogP) is 3.54. The molecule has 2 heterocycles. The van der Waals surface area contributed by atoms with Gasteiger partial charge in [0.25, 0.3) is 11.5 Å². The molecule has 2 aromatic carbocycles. The average molecular weight is 466 g/mol. The Morgan fingerprint density at radius 1 is 1.03 bits per heavy atom. The quantitative estimate of drug-likeness (QED) is 0.603. The Bertz CT molecular complexity index is 1230. The van der Waals surface area contributed by atoms with Crippen LogP contribution in [0.15, 0.2) is 59.4 Å². The SMILES string of the molecule is COc1ccc(-c2ccc(C(=O)N3CCN(Cc4ccc(F)cc4)C(C)C3)c(=O)[nH]2)cc1OC. The van der Waals surface area contributed by atoms with Crippen molar-refractivity contribution in [3.63, 3.8) is 0 Å². The molecule has 1 amide bonds. The standard InChI is InChI=1S/C26H28FN3O4/c1-17-15-30(13-12-29(17)16-18-4-7-20(27)8-5-18)26(32)21-9-10-22(28-25(21)31)19-6-11-23(33-2)24(14-19)34-3/h4-11,14,17H,12-13,15-16H2,1-3H3,(H,28,31). The summed E-state index contributed by atoms with van der Waals surface area (Å²) in [6.45, 7) is 4.43. The molecule has 1 aliphatic heterocycles. The number of ether oxygens (including phenoxy) is 2. The largest absolute Gasteiger partial charge is 0.493 e. The van der Waals surface area contributed by atoms with E-state index in [4.69, 9.17) is 9.47 Å². The topological polar surface area (TPSA) is 74.9 Å². The van der Waals surface area contributed by atoms with Crippen LogP contribution in [0.1, 0.15) is 22.8 Å². The molecule has 4 rings (SSSR count). The van der Waals surface area contributed by atoms with Gasteiger partial charge >= 0.3 is 0 Å². The summed E-state index contributed by atoms with van der Waals surface area (Å²) in [6.07, 6.45) is 0. The van der Waals surface area contributed by atoms with Crippen molar-refractivity contribution < 1.29 is 18.7 Å². The fourth-order valence-electron chi connectivity index (χ4n) is 4.22. The smallest absolute Gasteiger partial charge is 0.261 e. The Morgan fingerprint density at radius 2 is 1.76 bits per heavy atom. The molecule has 1 aromatic heterocycles. The fourth-order valence-corrected chi connectivity index (χ4v) is 4.22. The lowest BCUT2D eigenvalue weighted by Gasteiger charge is -2.39. The summed E-state index contributed by atoms with van der Waals surface area (Å²) in [4.78, 5) is 32.7. The van der Waals surface area contributed by atoms with E-state index in [1.165, 1.54) is 12.1 Å². The van der Waals surface area contributed by atoms with Gasteiger partial charge < -0.3 is 19.4 Å². The summed E-state index contributed by atoms with van der Waals surface area (Å²) in [5.41, 5.74) is 2.04. The molecule has 0 saturated carbocycles. The molecule has 0 spiro atoms. The molecule has 1 aliphatic rings. The van der Waals surface area contributed by atoms with Gasteiger partial charge in [-0.1, -0.05) is 12.1 Å². The summed E-state index contributed by atoms with van der Waals surface area (Å²) in [5.74, 6) is 0.601. The number of carbonyl (C=O) groups excluding carboxylic acids is 1. The number of halogens is 1. The first-order valence-electron chi connectivity index (χ1n) is 11.1. The van der Waals surface area contributed by atoms with Crippen molar-refractivity contribution in [3.05, 3.63) is 81.9 Å². The maximum Gasteiger partial charge on any atom is 0.261 e. The number of H-pyrrole nitrogens is 1. The van der Waals surface area contributed by atoms with Crippen LogP contribution in [0.3, 0.4) is 0 Å². The minimum Gasteiger partial charge on any atom is -0.493 e. The van der Waals surface area contributed by atoms with Gasteiger partial charge in [0.2, 0.25) is 0 Å². The Morgan fingerprint density at radius 3 is 2.41 bits per heavy atom. The van der Waals surface area contributed by atoms with Crippen LogP contribution in [0.5, 0.6) is 11.5 Å². The summed E-state index contributed by atoms with van der Waals surface area (Å²) in [6, 6.07) is 15.2. The number of nitrogens with one attached hydrogen (secondary N) is 1. The van der Waals surface area contributed by atoms with Gasteiger partial charge in [-0.05, 0) is 55.0 Å². The van der Waals surface area contributed by atoms with Gasteiger partial charge in [-0.25, -0.2) is 4.39 Å². The maximum absolute atomic E-state index is 13.2. The highest BCUT2D eigenvalue weighted by Crippen LogP contribution is 2.31. The van der Waals surface area contributed by atoms with E-state index in [0.717, 1.165) is 11.1 Å². The normalized spacial score (nSPS) is 16.4. The number of amides is 1. The van der Waals surface area contributed by atoms with Gasteiger partial charge in [0, 0.05) is 43.5 Å². The number of piperazine rings is 1. The molecule has 34 heavy (non-hydrogen) atoms. The first-order chi connectivity index (χ1) is 16.4. The molecular weight excluding hydrogens is 437 g/mol. The second kappa shape index (κ2) is 10.1. The van der Waals surface area contributed by atoms with E-state index >= 15 is 0 Å². The molecule has 8 heteroatoms. The molecule has 1 unspecified atom stereocenters. The number of hydrogen-bond acceptors (Lipinski definition) is 5. The van der Waals surface area contributed by atoms with E-state index in [1.54, 1.807) is 55.5 Å². The highest BCUT2D eigenvalue weighted by atomic mass is 19.1. The summed E-state index contributed by atoms with van der Waals surface area (Å²) in [7, 11) is 3.11. The van der Waals surface area contributed by atoms with Crippen molar-refractivity contribution in [3.8, 4) is 22.8 Å². The molecule has 1 N–H and O–H groups in total. The molecule has 0 aliphatic carbocycles. The number of methoxy groups -OCH3 is 2. The molecule has 1 saturated heterocycles. The van der Waals surface area contributed by atoms with Crippen molar-refractivity contribution in [2.45, 2.75) is 19.5 Å². The molecule has 1 atom stereocenters. The van der Waals surface area contributed by atoms with Crippen LogP contribution in [0.25, 0.3) is 11.3 Å². The van der Waals surface area contributed by atoms with Gasteiger partial charge in [0.1, 0.15) is 11.4 Å². The van der Waals surface area contributed by atoms with Gasteiger partial charge in [-0.3, -0.25) is 14.5 Å². The molecule has 1 fully saturated rings. The third-order valence-corrected chi connectivity index (χ3v) is 6.19. The third-order valence-electron chi connectivity index (χ3n) is 6.19. The zero-order valence-electron chi connectivity index (χ0n) is 19.5. The van der Waals surface area contributed by atoms with Gasteiger partial charge in [0.05, 0.1) is 14.2 Å². The Labute approximate surface area is 197 Å². The van der Waals surface area contributed by atoms with Gasteiger partial charge in [-0.15, -0.1) is 0 Å². The van der Waals surface area contributed by atoms with Crippen LogP contribution in [0, 0.1) is 5.82 Å². The number of aromatic amines is 1. The summed E-state index contributed by atoms with van der Waals surface area (Å²) in [5, 5.41) is 0. The van der Waals surface area contributed by atoms with Crippen LogP contribution in [-0.4, -0.2) is 60.6 Å². The number of carbonyl (C=O) groups is 1. The van der Waals surface area contributed by atoms with Crippen LogP contribution >= 0.6 is 0 Å². The fraction of sp³-hybridized carbons (Fsp3) is 0.308. The van der Waals surface area contributed by atoms with E-state index < -0.39 is 5.56 Å². The first kappa shape index (κ1) is 23.5. The first-order valence-corrected chi connectivity index (χ1v) is 11.1. The maximum atomic E-state index is 13.2. The van der Waals surface area contributed by atoms with Crippen LogP contribution in [-0.2, 0) is 6.54 Å². The van der Waals surface area contributed by atoms with E-state index in [-0.39, 0.29) is 23.3 Å². The van der Waals surface area contributed by atoms with Crippen molar-refractivity contribution in [1.29, 1.82) is 0 Å². The van der Waals surface area contributed by atoms with E-state index in [0.29, 0.717) is 43.4 Å². The molecule has 0 radical (unpaired) electrons. The average Bonchev–Trinajstić information content (AvgIpc) is 2.85.